The quantitative estimate of drug-likeness (QED) is 0.807. The van der Waals surface area contributed by atoms with Gasteiger partial charge in [0.15, 0.2) is 5.78 Å². The lowest BCUT2D eigenvalue weighted by molar-refractivity contribution is 0.0265. The zero-order chi connectivity index (χ0) is 14.7. The predicted octanol–water partition coefficient (Wildman–Crippen LogP) is 1.74. The molecule has 4 nitrogen and oxygen atoms in total. The minimum atomic E-state index is -0.435. The van der Waals surface area contributed by atoms with Crippen LogP contribution in [-0.4, -0.2) is 47.0 Å². The lowest BCUT2D eigenvalue weighted by Crippen LogP contribution is -2.39. The molecule has 1 heterocycles. The van der Waals surface area contributed by atoms with E-state index >= 15 is 0 Å². The van der Waals surface area contributed by atoms with E-state index in [1.54, 1.807) is 0 Å². The van der Waals surface area contributed by atoms with Crippen LogP contribution in [0, 0.1) is 17.7 Å². The Morgan fingerprint density at radius 2 is 2.25 bits per heavy atom. The molecular formula is C15H21FN2O2. The first kappa shape index (κ1) is 15.1. The van der Waals surface area contributed by atoms with Crippen LogP contribution in [0.5, 0.6) is 0 Å². The van der Waals surface area contributed by atoms with Gasteiger partial charge in [-0.15, -0.1) is 0 Å². The predicted molar refractivity (Wildman–Crippen MR) is 73.9 cm³/mol. The van der Waals surface area contributed by atoms with Crippen LogP contribution in [0.15, 0.2) is 18.3 Å². The van der Waals surface area contributed by atoms with Gasteiger partial charge in [0.2, 0.25) is 0 Å². The Kier molecular flexibility index (Phi) is 4.83. The number of hydrogen-bond acceptors (Lipinski definition) is 4. The van der Waals surface area contributed by atoms with E-state index in [4.69, 9.17) is 0 Å². The van der Waals surface area contributed by atoms with Crippen molar-refractivity contribution in [2.75, 3.05) is 20.1 Å². The molecule has 0 saturated heterocycles. The van der Waals surface area contributed by atoms with Crippen LogP contribution in [0.2, 0.25) is 0 Å². The van der Waals surface area contributed by atoms with Crippen molar-refractivity contribution >= 4 is 5.78 Å². The van der Waals surface area contributed by atoms with Gasteiger partial charge in [-0.05, 0) is 37.9 Å². The molecule has 1 aliphatic carbocycles. The number of ketones is 1. The minimum absolute atomic E-state index is 0.0644. The van der Waals surface area contributed by atoms with Gasteiger partial charge in [-0.1, -0.05) is 6.92 Å². The van der Waals surface area contributed by atoms with Crippen molar-refractivity contribution in [3.05, 3.63) is 29.8 Å². The summed E-state index contributed by atoms with van der Waals surface area (Å²) in [5.41, 5.74) is 0.311. The lowest BCUT2D eigenvalue weighted by Gasteiger charge is -2.35. The van der Waals surface area contributed by atoms with Gasteiger partial charge >= 0.3 is 0 Å². The molecule has 1 atom stereocenters. The fourth-order valence-electron chi connectivity index (χ4n) is 2.69. The topological polar surface area (TPSA) is 53.4 Å². The molecule has 1 saturated carbocycles. The molecule has 2 rings (SSSR count). The Bertz CT molecular complexity index is 457. The van der Waals surface area contributed by atoms with Crippen LogP contribution in [-0.2, 0) is 0 Å². The number of aliphatic hydroxyl groups is 1. The van der Waals surface area contributed by atoms with Crippen molar-refractivity contribution in [2.24, 2.45) is 11.8 Å². The molecule has 1 aromatic heterocycles. The molecule has 0 aromatic carbocycles. The molecule has 0 bridgehead atoms. The van der Waals surface area contributed by atoms with Crippen molar-refractivity contribution in [1.29, 1.82) is 0 Å². The smallest absolute Gasteiger partial charge is 0.185 e. The third-order valence-electron chi connectivity index (χ3n) is 3.79. The molecule has 0 spiro atoms. The van der Waals surface area contributed by atoms with E-state index in [9.17, 15) is 14.3 Å². The van der Waals surface area contributed by atoms with E-state index in [1.807, 2.05) is 14.0 Å². The Labute approximate surface area is 118 Å². The van der Waals surface area contributed by atoms with Crippen LogP contribution >= 0.6 is 0 Å². The van der Waals surface area contributed by atoms with Crippen LogP contribution in [0.3, 0.4) is 0 Å². The van der Waals surface area contributed by atoms with Gasteiger partial charge in [0, 0.05) is 19.0 Å². The van der Waals surface area contributed by atoms with Crippen LogP contribution in [0.4, 0.5) is 4.39 Å². The van der Waals surface area contributed by atoms with E-state index in [0.717, 1.165) is 25.6 Å². The summed E-state index contributed by atoms with van der Waals surface area (Å²) in [4.78, 5) is 18.1. The standard InChI is InChI=1S/C15H21FN2O2/c1-10(8-18(2)9-11-5-13(19)6-11)15(20)14-4-3-12(16)7-17-14/h3-4,7,10-11,13,19H,5-6,8-9H2,1-2H3. The number of pyridine rings is 1. The molecule has 1 fully saturated rings. The highest BCUT2D eigenvalue weighted by atomic mass is 19.1. The third kappa shape index (κ3) is 3.84. The highest BCUT2D eigenvalue weighted by Gasteiger charge is 2.28. The van der Waals surface area contributed by atoms with Crippen molar-refractivity contribution in [3.63, 3.8) is 0 Å². The monoisotopic (exact) mass is 280 g/mol. The zero-order valence-corrected chi connectivity index (χ0v) is 11.9. The third-order valence-corrected chi connectivity index (χ3v) is 3.79. The SMILES string of the molecule is CC(CN(C)CC1CC(O)C1)C(=O)c1ccc(F)cn1. The number of aromatic nitrogens is 1. The summed E-state index contributed by atoms with van der Waals surface area (Å²) in [5.74, 6) is -0.149. The molecule has 0 aliphatic heterocycles. The molecule has 110 valence electrons. The van der Waals surface area contributed by atoms with Crippen molar-refractivity contribution in [3.8, 4) is 0 Å². The van der Waals surface area contributed by atoms with Crippen molar-refractivity contribution in [1.82, 2.24) is 9.88 Å². The summed E-state index contributed by atoms with van der Waals surface area (Å²) in [5, 5.41) is 9.26. The average Bonchev–Trinajstić information content (AvgIpc) is 2.37. The second kappa shape index (κ2) is 6.41. The number of nitrogens with zero attached hydrogens (tertiary/aromatic N) is 2. The van der Waals surface area contributed by atoms with Gasteiger partial charge in [0.1, 0.15) is 11.5 Å². The Balaban J connectivity index is 1.82. The molecular weight excluding hydrogens is 259 g/mol. The molecule has 0 radical (unpaired) electrons. The molecule has 1 unspecified atom stereocenters. The molecule has 1 aliphatic rings. The van der Waals surface area contributed by atoms with Crippen molar-refractivity contribution < 1.29 is 14.3 Å². The second-order valence-corrected chi connectivity index (χ2v) is 5.84. The van der Waals surface area contributed by atoms with E-state index in [-0.39, 0.29) is 17.8 Å². The largest absolute Gasteiger partial charge is 0.393 e. The summed E-state index contributed by atoms with van der Waals surface area (Å²) in [6.45, 7) is 3.40. The van der Waals surface area contributed by atoms with Gasteiger partial charge in [0.25, 0.3) is 0 Å². The lowest BCUT2D eigenvalue weighted by atomic mass is 9.82. The molecule has 1 aromatic rings. The van der Waals surface area contributed by atoms with E-state index in [1.165, 1.54) is 12.1 Å². The Morgan fingerprint density at radius 3 is 2.80 bits per heavy atom. The highest BCUT2D eigenvalue weighted by molar-refractivity contribution is 5.95. The van der Waals surface area contributed by atoms with Crippen LogP contribution in [0.25, 0.3) is 0 Å². The summed E-state index contributed by atoms with van der Waals surface area (Å²) in [6, 6.07) is 2.68. The van der Waals surface area contributed by atoms with Crippen LogP contribution in [0.1, 0.15) is 30.3 Å². The normalized spacial score (nSPS) is 23.4. The maximum atomic E-state index is 12.8. The van der Waals surface area contributed by atoms with Gasteiger partial charge in [-0.2, -0.15) is 0 Å². The fourth-order valence-corrected chi connectivity index (χ4v) is 2.69. The van der Waals surface area contributed by atoms with Gasteiger partial charge in [-0.3, -0.25) is 9.78 Å². The maximum Gasteiger partial charge on any atom is 0.185 e. The van der Waals surface area contributed by atoms with E-state index in [2.05, 4.69) is 9.88 Å². The van der Waals surface area contributed by atoms with E-state index < -0.39 is 5.82 Å². The van der Waals surface area contributed by atoms with Crippen molar-refractivity contribution in [2.45, 2.75) is 25.9 Å². The van der Waals surface area contributed by atoms with Gasteiger partial charge < -0.3 is 10.0 Å². The summed E-state index contributed by atoms with van der Waals surface area (Å²) in [6.07, 6.45) is 2.63. The highest BCUT2D eigenvalue weighted by Crippen LogP contribution is 2.27. The number of carbonyl (C=O) groups excluding carboxylic acids is 1. The summed E-state index contributed by atoms with van der Waals surface area (Å²) < 4.78 is 12.8. The summed E-state index contributed by atoms with van der Waals surface area (Å²) >= 11 is 0. The Morgan fingerprint density at radius 1 is 1.55 bits per heavy atom. The first-order valence-electron chi connectivity index (χ1n) is 6.98. The molecule has 5 heteroatoms. The molecule has 1 N–H and O–H groups in total. The first-order valence-corrected chi connectivity index (χ1v) is 6.98. The molecule has 0 amide bonds. The number of hydrogen-bond donors (Lipinski definition) is 1. The second-order valence-electron chi connectivity index (χ2n) is 5.84. The number of Topliss-reactive ketones (excluding diaryl/α,β-unsaturated/α-hetero) is 1. The van der Waals surface area contributed by atoms with Gasteiger partial charge in [-0.25, -0.2) is 4.39 Å². The Hall–Kier alpha value is -1.33. The first-order chi connectivity index (χ1) is 9.45. The average molecular weight is 280 g/mol. The minimum Gasteiger partial charge on any atom is -0.393 e. The maximum absolute atomic E-state index is 12.8. The van der Waals surface area contributed by atoms with Crippen LogP contribution < -0.4 is 0 Å². The molecule has 20 heavy (non-hydrogen) atoms. The van der Waals surface area contributed by atoms with E-state index in [0.29, 0.717) is 18.2 Å². The number of aliphatic hydroxyl groups excluding tert-OH is 1. The summed E-state index contributed by atoms with van der Waals surface area (Å²) in [7, 11) is 1.98. The number of halogens is 1. The number of carbonyl (C=O) groups is 1. The number of rotatable bonds is 6. The fraction of sp³-hybridized carbons (Fsp3) is 0.600. The zero-order valence-electron chi connectivity index (χ0n) is 11.9. The van der Waals surface area contributed by atoms with Gasteiger partial charge in [0.05, 0.1) is 12.3 Å².